The predicted molar refractivity (Wildman–Crippen MR) is 228 cm³/mol. The molecule has 1 aliphatic carbocycles. The van der Waals surface area contributed by atoms with E-state index in [2.05, 4.69) is 138 Å². The van der Waals surface area contributed by atoms with E-state index in [1.165, 1.54) is 44.1 Å². The van der Waals surface area contributed by atoms with Crippen LogP contribution < -0.4 is 0 Å². The number of fused-ring (bicyclic) bond motifs is 3. The number of nitrogens with zero attached hydrogens (tertiary/aromatic N) is 4. The van der Waals surface area contributed by atoms with E-state index in [0.29, 0.717) is 17.5 Å². The van der Waals surface area contributed by atoms with E-state index >= 15 is 0 Å². The van der Waals surface area contributed by atoms with Crippen LogP contribution in [0.25, 0.3) is 83.9 Å². The molecule has 0 bridgehead atoms. The first-order valence-corrected chi connectivity index (χ1v) is 18.8. The summed E-state index contributed by atoms with van der Waals surface area (Å²) in [7, 11) is 0. The van der Waals surface area contributed by atoms with Gasteiger partial charge in [0.2, 0.25) is 0 Å². The van der Waals surface area contributed by atoms with Crippen molar-refractivity contribution in [3.63, 3.8) is 0 Å². The molecule has 0 atom stereocenters. The van der Waals surface area contributed by atoms with Gasteiger partial charge in [-0.25, -0.2) is 15.0 Å². The highest BCUT2D eigenvalue weighted by molar-refractivity contribution is 6.10. The average Bonchev–Trinajstić information content (AvgIpc) is 3.61. The lowest BCUT2D eigenvalue weighted by molar-refractivity contribution is 1.06. The zero-order chi connectivity index (χ0) is 36.6. The third-order valence-corrected chi connectivity index (χ3v) is 10.5. The average molecular weight is 705 g/mol. The molecule has 0 spiro atoms. The Morgan fingerprint density at radius 1 is 0.382 bits per heavy atom. The van der Waals surface area contributed by atoms with Gasteiger partial charge in [-0.3, -0.25) is 0 Å². The maximum absolute atomic E-state index is 4.97. The summed E-state index contributed by atoms with van der Waals surface area (Å²) in [5.74, 6) is 1.95. The minimum Gasteiger partial charge on any atom is -0.309 e. The maximum Gasteiger partial charge on any atom is 0.164 e. The fraction of sp³-hybridized carbons (Fsp3) is 0.0392. The van der Waals surface area contributed by atoms with Gasteiger partial charge in [0.15, 0.2) is 17.5 Å². The van der Waals surface area contributed by atoms with Crippen molar-refractivity contribution in [3.05, 3.63) is 205 Å². The molecule has 9 aromatic rings. The quantitative estimate of drug-likeness (QED) is 0.166. The minimum atomic E-state index is 0.645. The van der Waals surface area contributed by atoms with Crippen molar-refractivity contribution < 1.29 is 0 Å². The Labute approximate surface area is 320 Å². The van der Waals surface area contributed by atoms with Crippen LogP contribution in [0.15, 0.2) is 194 Å². The summed E-state index contributed by atoms with van der Waals surface area (Å²) in [5, 5.41) is 2.50. The van der Waals surface area contributed by atoms with E-state index in [1.54, 1.807) is 0 Å². The summed E-state index contributed by atoms with van der Waals surface area (Å²) >= 11 is 0. The molecule has 4 heteroatoms. The Morgan fingerprint density at radius 2 is 0.927 bits per heavy atom. The van der Waals surface area contributed by atoms with Crippen LogP contribution in [0.1, 0.15) is 24.0 Å². The van der Waals surface area contributed by atoms with Crippen LogP contribution >= 0.6 is 0 Å². The van der Waals surface area contributed by atoms with Crippen molar-refractivity contribution in [3.8, 4) is 51.0 Å². The first-order chi connectivity index (χ1) is 27.2. The highest BCUT2D eigenvalue weighted by atomic mass is 15.0. The van der Waals surface area contributed by atoms with Crippen LogP contribution in [0.5, 0.6) is 0 Å². The van der Waals surface area contributed by atoms with Crippen molar-refractivity contribution in [2.45, 2.75) is 12.8 Å². The molecular formula is C51H36N4. The van der Waals surface area contributed by atoms with Gasteiger partial charge in [-0.2, -0.15) is 0 Å². The lowest BCUT2D eigenvalue weighted by Gasteiger charge is -2.15. The van der Waals surface area contributed by atoms with Gasteiger partial charge in [0.25, 0.3) is 0 Å². The zero-order valence-electron chi connectivity index (χ0n) is 30.2. The monoisotopic (exact) mass is 704 g/mol. The van der Waals surface area contributed by atoms with Gasteiger partial charge in [0.05, 0.1) is 11.0 Å². The molecule has 4 nitrogen and oxygen atoms in total. The molecule has 1 aliphatic rings. The standard InChI is InChI=1S/C51H36N4/c1-4-14-35(15-5-1)39-20-12-22-41(32-39)42-28-31-46-45-24-10-11-25-47(45)55(48(46)34-42)44-29-26-36(27-30-44)40-21-13-23-43(33-40)51-53-49(37-16-6-2-7-17-37)52-50(54-51)38-18-8-3-9-19-38/h1-11,13-19,21-34H,12,20H2. The Balaban J connectivity index is 1.02. The van der Waals surface area contributed by atoms with Gasteiger partial charge in [-0.15, -0.1) is 0 Å². The van der Waals surface area contributed by atoms with Crippen LogP contribution in [0.2, 0.25) is 0 Å². The van der Waals surface area contributed by atoms with E-state index in [9.17, 15) is 0 Å². The smallest absolute Gasteiger partial charge is 0.164 e. The first kappa shape index (κ1) is 32.5. The maximum atomic E-state index is 4.97. The van der Waals surface area contributed by atoms with Gasteiger partial charge in [0, 0.05) is 33.2 Å². The largest absolute Gasteiger partial charge is 0.309 e. The number of aromatic nitrogens is 4. The van der Waals surface area contributed by atoms with Crippen LogP contribution in [0.4, 0.5) is 0 Å². The predicted octanol–water partition coefficient (Wildman–Crippen LogP) is 12.9. The molecule has 0 saturated carbocycles. The molecule has 55 heavy (non-hydrogen) atoms. The van der Waals surface area contributed by atoms with Crippen molar-refractivity contribution in [1.82, 2.24) is 19.5 Å². The van der Waals surface area contributed by atoms with Crippen molar-refractivity contribution >= 4 is 33.0 Å². The second-order valence-corrected chi connectivity index (χ2v) is 14.0. The van der Waals surface area contributed by atoms with Crippen LogP contribution in [-0.4, -0.2) is 19.5 Å². The first-order valence-electron chi connectivity index (χ1n) is 18.8. The molecule has 0 amide bonds. The third-order valence-electron chi connectivity index (χ3n) is 10.5. The number of para-hydroxylation sites is 1. The molecule has 0 radical (unpaired) electrons. The number of rotatable bonds is 7. The fourth-order valence-corrected chi connectivity index (χ4v) is 7.79. The summed E-state index contributed by atoms with van der Waals surface area (Å²) in [5.41, 5.74) is 13.8. The zero-order valence-corrected chi connectivity index (χ0v) is 30.2. The van der Waals surface area contributed by atoms with E-state index in [0.717, 1.165) is 46.3 Å². The number of allylic oxidation sites excluding steroid dienone is 4. The number of benzene rings is 7. The van der Waals surface area contributed by atoms with Gasteiger partial charge >= 0.3 is 0 Å². The van der Waals surface area contributed by atoms with Crippen molar-refractivity contribution in [2.24, 2.45) is 0 Å². The molecule has 0 unspecified atom stereocenters. The molecule has 0 N–H and O–H groups in total. The molecule has 7 aromatic carbocycles. The SMILES string of the molecule is C1=C(c2ccc3c4ccccc4n(-c4ccc(-c5cccc(-c6nc(-c7ccccc7)nc(-c7ccccc7)n6)c5)cc4)c3c2)C=C(c2ccccc2)CC1. The lowest BCUT2D eigenvalue weighted by Crippen LogP contribution is -2.00. The molecule has 0 fully saturated rings. The van der Waals surface area contributed by atoms with E-state index in [4.69, 9.17) is 15.0 Å². The van der Waals surface area contributed by atoms with Gasteiger partial charge < -0.3 is 4.57 Å². The third kappa shape index (κ3) is 6.24. The Kier molecular flexibility index (Phi) is 8.27. The second kappa shape index (κ2) is 14.0. The van der Waals surface area contributed by atoms with E-state index < -0.39 is 0 Å². The minimum absolute atomic E-state index is 0.645. The number of hydrogen-bond donors (Lipinski definition) is 0. The van der Waals surface area contributed by atoms with E-state index in [-0.39, 0.29) is 0 Å². The highest BCUT2D eigenvalue weighted by Gasteiger charge is 2.17. The number of hydrogen-bond acceptors (Lipinski definition) is 3. The summed E-state index contributed by atoms with van der Waals surface area (Å²) in [6.07, 6.45) is 6.85. The molecule has 10 rings (SSSR count). The highest BCUT2D eigenvalue weighted by Crippen LogP contribution is 2.37. The van der Waals surface area contributed by atoms with Gasteiger partial charge in [-0.05, 0) is 76.6 Å². The fourth-order valence-electron chi connectivity index (χ4n) is 7.79. The molecule has 2 heterocycles. The van der Waals surface area contributed by atoms with Crippen LogP contribution in [0.3, 0.4) is 0 Å². The Hall–Kier alpha value is -7.17. The second-order valence-electron chi connectivity index (χ2n) is 14.0. The van der Waals surface area contributed by atoms with E-state index in [1.807, 2.05) is 60.7 Å². The summed E-state index contributed by atoms with van der Waals surface area (Å²) in [4.78, 5) is 14.8. The van der Waals surface area contributed by atoms with Crippen LogP contribution in [-0.2, 0) is 0 Å². The van der Waals surface area contributed by atoms with Crippen molar-refractivity contribution in [2.75, 3.05) is 0 Å². The van der Waals surface area contributed by atoms with Gasteiger partial charge in [-0.1, -0.05) is 164 Å². The summed E-state index contributed by atoms with van der Waals surface area (Å²) in [6.45, 7) is 0. The molecule has 2 aromatic heterocycles. The normalized spacial score (nSPS) is 12.8. The summed E-state index contributed by atoms with van der Waals surface area (Å²) < 4.78 is 2.40. The molecule has 0 aliphatic heterocycles. The molecular weight excluding hydrogens is 669 g/mol. The molecule has 260 valence electrons. The molecule has 0 saturated heterocycles. The lowest BCUT2D eigenvalue weighted by atomic mass is 9.90. The van der Waals surface area contributed by atoms with Gasteiger partial charge in [0.1, 0.15) is 0 Å². The van der Waals surface area contributed by atoms with Crippen molar-refractivity contribution in [1.29, 1.82) is 0 Å². The summed E-state index contributed by atoms with van der Waals surface area (Å²) in [6, 6.07) is 64.0. The van der Waals surface area contributed by atoms with Crippen LogP contribution in [0, 0.1) is 0 Å². The topological polar surface area (TPSA) is 43.6 Å². The Morgan fingerprint density at radius 3 is 1.62 bits per heavy atom. The Bertz CT molecular complexity index is 2830.